The van der Waals surface area contributed by atoms with E-state index in [1.165, 1.54) is 19.3 Å². The van der Waals surface area contributed by atoms with Crippen molar-refractivity contribution in [2.75, 3.05) is 7.05 Å². The van der Waals surface area contributed by atoms with Crippen LogP contribution in [0.5, 0.6) is 0 Å². The second kappa shape index (κ2) is 4.73. The number of rotatable bonds is 4. The number of thiocarbonyl (C=S) groups is 1. The first-order valence-electron chi connectivity index (χ1n) is 5.07. The van der Waals surface area contributed by atoms with Gasteiger partial charge in [0.25, 0.3) is 0 Å². The first kappa shape index (κ1) is 11.4. The molecule has 4 heteroatoms. The fraction of sp³-hybridized carbons (Fsp3) is 0.800. The molecule has 1 unspecified atom stereocenters. The lowest BCUT2D eigenvalue weighted by Crippen LogP contribution is -2.43. The number of amides is 1. The summed E-state index contributed by atoms with van der Waals surface area (Å²) in [5.41, 5.74) is 5.49. The Labute approximate surface area is 90.6 Å². The van der Waals surface area contributed by atoms with E-state index in [0.717, 1.165) is 0 Å². The summed E-state index contributed by atoms with van der Waals surface area (Å²) in [6, 6.07) is -0.127. The Balaban J connectivity index is 2.38. The topological polar surface area (TPSA) is 46.3 Å². The van der Waals surface area contributed by atoms with Crippen molar-refractivity contribution < 1.29 is 4.79 Å². The number of likely N-dealkylation sites (N-methyl/N-ethyl adjacent to an activating group) is 1. The van der Waals surface area contributed by atoms with E-state index in [1.807, 2.05) is 6.92 Å². The third-order valence-electron chi connectivity index (χ3n) is 3.07. The van der Waals surface area contributed by atoms with Gasteiger partial charge in [-0.1, -0.05) is 18.6 Å². The molecule has 0 saturated heterocycles. The van der Waals surface area contributed by atoms with Gasteiger partial charge in [0.05, 0.1) is 11.0 Å². The van der Waals surface area contributed by atoms with Gasteiger partial charge in [0.2, 0.25) is 5.91 Å². The summed E-state index contributed by atoms with van der Waals surface area (Å²) in [6.45, 7) is 1.86. The second-order valence-corrected chi connectivity index (χ2v) is 4.56. The molecule has 0 aromatic carbocycles. The average Bonchev–Trinajstić information content (AvgIpc) is 2.08. The molecule has 0 radical (unpaired) electrons. The maximum absolute atomic E-state index is 11.7. The molecule has 0 spiro atoms. The molecule has 0 aliphatic heterocycles. The van der Waals surface area contributed by atoms with Crippen molar-refractivity contribution in [2.45, 2.75) is 38.6 Å². The lowest BCUT2D eigenvalue weighted by atomic mass is 9.82. The molecule has 1 atom stereocenters. The predicted octanol–water partition coefficient (Wildman–Crippen LogP) is 1.31. The van der Waals surface area contributed by atoms with E-state index < -0.39 is 0 Å². The summed E-state index contributed by atoms with van der Waals surface area (Å²) in [5, 5.41) is 0. The van der Waals surface area contributed by atoms with Gasteiger partial charge in [-0.05, 0) is 25.7 Å². The summed E-state index contributed by atoms with van der Waals surface area (Å²) < 4.78 is 0. The molecule has 3 nitrogen and oxygen atoms in total. The molecule has 80 valence electrons. The first-order valence-corrected chi connectivity index (χ1v) is 5.48. The molecule has 14 heavy (non-hydrogen) atoms. The zero-order valence-electron chi connectivity index (χ0n) is 8.82. The molecule has 0 aromatic heterocycles. The highest BCUT2D eigenvalue weighted by Gasteiger charge is 2.24. The van der Waals surface area contributed by atoms with E-state index >= 15 is 0 Å². The number of hydrogen-bond donors (Lipinski definition) is 1. The molecule has 0 aromatic rings. The third kappa shape index (κ3) is 2.67. The second-order valence-electron chi connectivity index (χ2n) is 4.08. The summed E-state index contributed by atoms with van der Waals surface area (Å²) in [7, 11) is 1.77. The van der Waals surface area contributed by atoms with Crippen LogP contribution in [0.15, 0.2) is 0 Å². The maximum Gasteiger partial charge on any atom is 0.223 e. The van der Waals surface area contributed by atoms with Crippen LogP contribution < -0.4 is 5.73 Å². The standard InChI is InChI=1S/C10H18N2OS/c1-7(10(11)14)12(2)9(13)6-8-4-3-5-8/h7-8H,3-6H2,1-2H3,(H2,11,14). The van der Waals surface area contributed by atoms with Crippen molar-refractivity contribution in [3.05, 3.63) is 0 Å². The maximum atomic E-state index is 11.7. The van der Waals surface area contributed by atoms with Gasteiger partial charge in [0.1, 0.15) is 0 Å². The minimum atomic E-state index is -0.127. The van der Waals surface area contributed by atoms with Crippen molar-refractivity contribution in [3.63, 3.8) is 0 Å². The van der Waals surface area contributed by atoms with Gasteiger partial charge in [-0.3, -0.25) is 4.79 Å². The Morgan fingerprint density at radius 1 is 1.64 bits per heavy atom. The Kier molecular flexibility index (Phi) is 3.86. The van der Waals surface area contributed by atoms with Crippen LogP contribution >= 0.6 is 12.2 Å². The zero-order chi connectivity index (χ0) is 10.7. The molecule has 1 fully saturated rings. The smallest absolute Gasteiger partial charge is 0.223 e. The fourth-order valence-corrected chi connectivity index (χ4v) is 1.65. The number of hydrogen-bond acceptors (Lipinski definition) is 2. The highest BCUT2D eigenvalue weighted by Crippen LogP contribution is 2.29. The summed E-state index contributed by atoms with van der Waals surface area (Å²) in [5.74, 6) is 0.762. The number of carbonyl (C=O) groups excluding carboxylic acids is 1. The molecule has 0 heterocycles. The number of carbonyl (C=O) groups is 1. The minimum absolute atomic E-state index is 0.127. The van der Waals surface area contributed by atoms with Crippen LogP contribution in [0.3, 0.4) is 0 Å². The summed E-state index contributed by atoms with van der Waals surface area (Å²) in [6.07, 6.45) is 4.32. The Morgan fingerprint density at radius 2 is 2.21 bits per heavy atom. The van der Waals surface area contributed by atoms with Crippen LogP contribution in [0.4, 0.5) is 0 Å². The zero-order valence-corrected chi connectivity index (χ0v) is 9.64. The highest BCUT2D eigenvalue weighted by atomic mass is 32.1. The van der Waals surface area contributed by atoms with Gasteiger partial charge in [0, 0.05) is 13.5 Å². The van der Waals surface area contributed by atoms with Gasteiger partial charge in [-0.25, -0.2) is 0 Å². The van der Waals surface area contributed by atoms with Gasteiger partial charge in [-0.2, -0.15) is 0 Å². The predicted molar refractivity (Wildman–Crippen MR) is 61.0 cm³/mol. The van der Waals surface area contributed by atoms with Crippen LogP contribution in [0.25, 0.3) is 0 Å². The SMILES string of the molecule is CC(C(N)=S)N(C)C(=O)CC1CCC1. The number of nitrogens with two attached hydrogens (primary N) is 1. The van der Waals surface area contributed by atoms with E-state index in [4.69, 9.17) is 18.0 Å². The van der Waals surface area contributed by atoms with Crippen molar-refractivity contribution in [3.8, 4) is 0 Å². The van der Waals surface area contributed by atoms with Crippen molar-refractivity contribution in [1.82, 2.24) is 4.90 Å². The molecular formula is C10H18N2OS. The highest BCUT2D eigenvalue weighted by molar-refractivity contribution is 7.80. The quantitative estimate of drug-likeness (QED) is 0.718. The van der Waals surface area contributed by atoms with Gasteiger partial charge >= 0.3 is 0 Å². The van der Waals surface area contributed by atoms with Crippen molar-refractivity contribution in [1.29, 1.82) is 0 Å². The van der Waals surface area contributed by atoms with Crippen molar-refractivity contribution in [2.24, 2.45) is 11.7 Å². The van der Waals surface area contributed by atoms with Crippen LogP contribution in [0.1, 0.15) is 32.6 Å². The normalized spacial score (nSPS) is 18.4. The Hall–Kier alpha value is -0.640. The molecule has 2 N–H and O–H groups in total. The van der Waals surface area contributed by atoms with Gasteiger partial charge in [-0.15, -0.1) is 0 Å². The van der Waals surface area contributed by atoms with E-state index in [2.05, 4.69) is 0 Å². The average molecular weight is 214 g/mol. The van der Waals surface area contributed by atoms with E-state index in [9.17, 15) is 4.79 Å². The molecule has 1 rings (SSSR count). The van der Waals surface area contributed by atoms with E-state index in [0.29, 0.717) is 17.3 Å². The fourth-order valence-electron chi connectivity index (χ4n) is 1.49. The summed E-state index contributed by atoms with van der Waals surface area (Å²) >= 11 is 4.85. The van der Waals surface area contributed by atoms with Gasteiger partial charge in [0.15, 0.2) is 0 Å². The Bertz CT molecular complexity index is 238. The lowest BCUT2D eigenvalue weighted by Gasteiger charge is -2.29. The van der Waals surface area contributed by atoms with Crippen LogP contribution in [-0.2, 0) is 4.79 Å². The molecule has 1 aliphatic rings. The van der Waals surface area contributed by atoms with Gasteiger partial charge < -0.3 is 10.6 Å². The molecule has 1 amide bonds. The largest absolute Gasteiger partial charge is 0.392 e. The molecular weight excluding hydrogens is 196 g/mol. The first-order chi connectivity index (χ1) is 6.52. The number of nitrogens with zero attached hydrogens (tertiary/aromatic N) is 1. The molecule has 1 aliphatic carbocycles. The minimum Gasteiger partial charge on any atom is -0.392 e. The monoisotopic (exact) mass is 214 g/mol. The van der Waals surface area contributed by atoms with E-state index in [-0.39, 0.29) is 11.9 Å². The Morgan fingerprint density at radius 3 is 2.57 bits per heavy atom. The summed E-state index contributed by atoms with van der Waals surface area (Å²) in [4.78, 5) is 13.7. The molecule has 1 saturated carbocycles. The van der Waals surface area contributed by atoms with Crippen LogP contribution in [0, 0.1) is 5.92 Å². The van der Waals surface area contributed by atoms with Crippen LogP contribution in [-0.4, -0.2) is 28.9 Å². The van der Waals surface area contributed by atoms with Crippen molar-refractivity contribution >= 4 is 23.1 Å². The van der Waals surface area contributed by atoms with Crippen LogP contribution in [0.2, 0.25) is 0 Å². The molecule has 0 bridgehead atoms. The lowest BCUT2D eigenvalue weighted by molar-refractivity contribution is -0.132. The third-order valence-corrected chi connectivity index (χ3v) is 3.42. The van der Waals surface area contributed by atoms with E-state index in [1.54, 1.807) is 11.9 Å².